The van der Waals surface area contributed by atoms with Gasteiger partial charge in [-0.1, -0.05) is 54.1 Å². The minimum absolute atomic E-state index is 0.124. The van der Waals surface area contributed by atoms with Gasteiger partial charge in [0.15, 0.2) is 5.76 Å². The Morgan fingerprint density at radius 2 is 1.79 bits per heavy atom. The van der Waals surface area contributed by atoms with Gasteiger partial charge in [-0.3, -0.25) is 14.5 Å². The minimum atomic E-state index is -0.676. The second-order valence-corrected chi connectivity index (χ2v) is 7.79. The first kappa shape index (κ1) is 18.2. The Morgan fingerprint density at radius 1 is 1.04 bits per heavy atom. The maximum atomic E-state index is 13.2. The molecule has 1 aliphatic heterocycles. The zero-order chi connectivity index (χ0) is 19.8. The van der Waals surface area contributed by atoms with E-state index in [9.17, 15) is 14.7 Å². The highest BCUT2D eigenvalue weighted by Gasteiger charge is 2.45. The van der Waals surface area contributed by atoms with Crippen molar-refractivity contribution in [3.8, 4) is 0 Å². The lowest BCUT2D eigenvalue weighted by Crippen LogP contribution is -2.31. The van der Waals surface area contributed by atoms with Crippen molar-refractivity contribution in [2.24, 2.45) is 0 Å². The summed E-state index contributed by atoms with van der Waals surface area (Å²) in [7, 11) is 0. The Hall–Kier alpha value is -3.18. The summed E-state index contributed by atoms with van der Waals surface area (Å²) >= 11 is 1.30. The molecule has 1 unspecified atom stereocenters. The first-order chi connectivity index (χ1) is 13.5. The smallest absolute Gasteiger partial charge is 0.294 e. The molecule has 0 spiro atoms. The van der Waals surface area contributed by atoms with E-state index in [-0.39, 0.29) is 11.4 Å². The molecule has 1 atom stereocenters. The summed E-state index contributed by atoms with van der Waals surface area (Å²) in [5.74, 6) is -1.35. The van der Waals surface area contributed by atoms with Crippen LogP contribution in [0.25, 0.3) is 0 Å². The van der Waals surface area contributed by atoms with Crippen molar-refractivity contribution >= 4 is 28.7 Å². The lowest BCUT2D eigenvalue weighted by atomic mass is 9.95. The topological polar surface area (TPSA) is 57.6 Å². The highest BCUT2D eigenvalue weighted by molar-refractivity contribution is 7.12. The summed E-state index contributed by atoms with van der Waals surface area (Å²) in [5.41, 5.74) is 3.58. The molecule has 3 aromatic rings. The Bertz CT molecular complexity index is 1080. The van der Waals surface area contributed by atoms with Crippen molar-refractivity contribution < 1.29 is 14.7 Å². The van der Waals surface area contributed by atoms with Gasteiger partial charge in [0.1, 0.15) is 0 Å². The van der Waals surface area contributed by atoms with Crippen LogP contribution in [-0.2, 0) is 4.79 Å². The molecular weight excluding hydrogens is 370 g/mol. The lowest BCUT2D eigenvalue weighted by molar-refractivity contribution is -0.117. The molecule has 2 heterocycles. The fourth-order valence-corrected chi connectivity index (χ4v) is 4.33. The van der Waals surface area contributed by atoms with E-state index in [2.05, 4.69) is 0 Å². The Labute approximate surface area is 167 Å². The first-order valence-corrected chi connectivity index (χ1v) is 9.84. The molecule has 1 aliphatic rings. The molecule has 28 heavy (non-hydrogen) atoms. The summed E-state index contributed by atoms with van der Waals surface area (Å²) < 4.78 is 0. The van der Waals surface area contributed by atoms with Crippen LogP contribution in [0.3, 0.4) is 0 Å². The highest BCUT2D eigenvalue weighted by atomic mass is 32.1. The van der Waals surface area contributed by atoms with Gasteiger partial charge in [0.05, 0.1) is 16.5 Å². The number of aliphatic hydroxyl groups is 1. The number of thiophene rings is 1. The molecule has 0 radical (unpaired) electrons. The number of ketones is 1. The summed E-state index contributed by atoms with van der Waals surface area (Å²) in [5, 5.41) is 12.5. The van der Waals surface area contributed by atoms with Gasteiger partial charge in [-0.15, -0.1) is 11.3 Å². The summed E-state index contributed by atoms with van der Waals surface area (Å²) in [6, 6.07) is 17.9. The fourth-order valence-electron chi connectivity index (χ4n) is 3.65. The molecule has 1 aromatic heterocycles. The van der Waals surface area contributed by atoms with Gasteiger partial charge in [0.2, 0.25) is 5.78 Å². The number of benzene rings is 2. The predicted octanol–water partition coefficient (Wildman–Crippen LogP) is 5.15. The summed E-state index contributed by atoms with van der Waals surface area (Å²) in [6.07, 6.45) is 0. The minimum Gasteiger partial charge on any atom is -0.503 e. The van der Waals surface area contributed by atoms with Crippen LogP contribution in [0.4, 0.5) is 5.69 Å². The summed E-state index contributed by atoms with van der Waals surface area (Å²) in [4.78, 5) is 28.3. The van der Waals surface area contributed by atoms with Crippen molar-refractivity contribution in [1.82, 2.24) is 0 Å². The summed E-state index contributed by atoms with van der Waals surface area (Å²) in [6.45, 7) is 3.91. The van der Waals surface area contributed by atoms with Crippen LogP contribution in [0, 0.1) is 13.8 Å². The van der Waals surface area contributed by atoms with Gasteiger partial charge in [-0.2, -0.15) is 0 Å². The number of rotatable bonds is 4. The SMILES string of the molecule is Cc1ccc(N2C(=O)C(O)=C(C(=O)c3cccs3)C2c2ccccc2)c(C)c1. The van der Waals surface area contributed by atoms with Crippen LogP contribution in [0.5, 0.6) is 0 Å². The van der Waals surface area contributed by atoms with E-state index in [0.717, 1.165) is 16.7 Å². The van der Waals surface area contributed by atoms with Gasteiger partial charge in [0, 0.05) is 5.69 Å². The molecule has 4 nitrogen and oxygen atoms in total. The second kappa shape index (κ2) is 7.09. The molecule has 140 valence electrons. The molecule has 0 saturated heterocycles. The van der Waals surface area contributed by atoms with Crippen LogP contribution >= 0.6 is 11.3 Å². The van der Waals surface area contributed by atoms with Gasteiger partial charge >= 0.3 is 0 Å². The van der Waals surface area contributed by atoms with Crippen LogP contribution in [0.2, 0.25) is 0 Å². The molecule has 4 rings (SSSR count). The maximum Gasteiger partial charge on any atom is 0.294 e. The Balaban J connectivity index is 1.90. The van der Waals surface area contributed by atoms with Gasteiger partial charge in [-0.25, -0.2) is 0 Å². The van der Waals surface area contributed by atoms with Crippen molar-refractivity contribution in [1.29, 1.82) is 0 Å². The monoisotopic (exact) mass is 389 g/mol. The molecule has 1 N–H and O–H groups in total. The third-order valence-corrected chi connectivity index (χ3v) is 5.79. The van der Waals surface area contributed by atoms with Crippen molar-refractivity contribution in [3.63, 3.8) is 0 Å². The number of carbonyl (C=O) groups excluding carboxylic acids is 2. The van der Waals surface area contributed by atoms with Gasteiger partial charge < -0.3 is 5.11 Å². The number of hydrogen-bond donors (Lipinski definition) is 1. The average Bonchev–Trinajstić information content (AvgIpc) is 3.31. The van der Waals surface area contributed by atoms with E-state index in [1.807, 2.05) is 62.4 Å². The standard InChI is InChI=1S/C23H19NO3S/c1-14-10-11-17(15(2)13-14)24-20(16-7-4-3-5-8-16)19(22(26)23(24)27)21(25)18-9-6-12-28-18/h3-13,20,26H,1-2H3. The number of Topliss-reactive ketones (excluding diaryl/α,β-unsaturated/α-hetero) is 1. The van der Waals surface area contributed by atoms with Crippen LogP contribution < -0.4 is 4.90 Å². The number of anilines is 1. The van der Waals surface area contributed by atoms with Gasteiger partial charge in [-0.05, 0) is 42.5 Å². The number of nitrogens with zero attached hydrogens (tertiary/aromatic N) is 1. The lowest BCUT2D eigenvalue weighted by Gasteiger charge is -2.28. The first-order valence-electron chi connectivity index (χ1n) is 8.96. The molecule has 2 aromatic carbocycles. The quantitative estimate of drug-likeness (QED) is 0.628. The molecule has 5 heteroatoms. The van der Waals surface area contributed by atoms with Gasteiger partial charge in [0.25, 0.3) is 5.91 Å². The zero-order valence-electron chi connectivity index (χ0n) is 15.5. The third kappa shape index (κ3) is 2.94. The Kier molecular flexibility index (Phi) is 4.61. The average molecular weight is 389 g/mol. The molecule has 0 fully saturated rings. The number of aryl methyl sites for hydroxylation is 2. The molecule has 0 saturated carbocycles. The molecule has 0 bridgehead atoms. The van der Waals surface area contributed by atoms with E-state index >= 15 is 0 Å². The van der Waals surface area contributed by atoms with Crippen LogP contribution in [-0.4, -0.2) is 16.8 Å². The predicted molar refractivity (Wildman–Crippen MR) is 111 cm³/mol. The normalized spacial score (nSPS) is 16.7. The number of amides is 1. The molecule has 0 aliphatic carbocycles. The number of hydrogen-bond acceptors (Lipinski definition) is 4. The highest BCUT2D eigenvalue weighted by Crippen LogP contribution is 2.43. The van der Waals surface area contributed by atoms with Crippen molar-refractivity contribution in [2.45, 2.75) is 19.9 Å². The number of carbonyl (C=O) groups is 2. The largest absolute Gasteiger partial charge is 0.503 e. The van der Waals surface area contributed by atoms with E-state index < -0.39 is 17.7 Å². The van der Waals surface area contributed by atoms with E-state index in [1.54, 1.807) is 17.5 Å². The number of aliphatic hydroxyl groups excluding tert-OH is 1. The van der Waals surface area contributed by atoms with Crippen LogP contribution in [0.1, 0.15) is 32.4 Å². The zero-order valence-corrected chi connectivity index (χ0v) is 16.4. The van der Waals surface area contributed by atoms with Crippen molar-refractivity contribution in [3.05, 3.63) is 98.9 Å². The van der Waals surface area contributed by atoms with Crippen LogP contribution in [0.15, 0.2) is 77.4 Å². The fraction of sp³-hybridized carbons (Fsp3) is 0.130. The Morgan fingerprint density at radius 3 is 2.43 bits per heavy atom. The maximum absolute atomic E-state index is 13.2. The molecular formula is C23H19NO3S. The molecule has 1 amide bonds. The third-order valence-electron chi connectivity index (χ3n) is 4.92. The van der Waals surface area contributed by atoms with E-state index in [0.29, 0.717) is 10.6 Å². The van der Waals surface area contributed by atoms with E-state index in [4.69, 9.17) is 0 Å². The second-order valence-electron chi connectivity index (χ2n) is 6.85. The van der Waals surface area contributed by atoms with E-state index in [1.165, 1.54) is 16.2 Å². The van der Waals surface area contributed by atoms with Crippen molar-refractivity contribution in [2.75, 3.05) is 4.90 Å².